The van der Waals surface area contributed by atoms with Crippen LogP contribution < -0.4 is 5.73 Å². The first kappa shape index (κ1) is 16.6. The lowest BCUT2D eigenvalue weighted by atomic mass is 10.1. The van der Waals surface area contributed by atoms with E-state index in [0.717, 1.165) is 16.9 Å². The molecule has 0 aliphatic rings. The molecule has 0 saturated heterocycles. The Morgan fingerprint density at radius 1 is 1.35 bits per heavy atom. The molecule has 0 saturated carbocycles. The fraction of sp³-hybridized carbons (Fsp3) is 0.438. The van der Waals surface area contributed by atoms with E-state index >= 15 is 0 Å². The molecule has 0 aromatic heterocycles. The largest absolute Gasteiger partial charge is 0.459 e. The highest BCUT2D eigenvalue weighted by Crippen LogP contribution is 2.17. The third-order valence-corrected chi connectivity index (χ3v) is 3.19. The van der Waals surface area contributed by atoms with Gasteiger partial charge in [0.15, 0.2) is 0 Å². The summed E-state index contributed by atoms with van der Waals surface area (Å²) in [5.74, 6) is 6.78. The molecular weight excluding hydrogens is 270 g/mol. The lowest BCUT2D eigenvalue weighted by Crippen LogP contribution is -2.24. The average Bonchev–Trinajstić information content (AvgIpc) is 2.35. The predicted octanol–water partition coefficient (Wildman–Crippen LogP) is 2.57. The Morgan fingerprint density at radius 2 is 2.05 bits per heavy atom. The number of esters is 1. The normalized spacial score (nSPS) is 10.6. The molecule has 1 rings (SSSR count). The predicted molar refractivity (Wildman–Crippen MR) is 84.4 cm³/mol. The van der Waals surface area contributed by atoms with E-state index in [1.54, 1.807) is 0 Å². The first-order chi connectivity index (χ1) is 9.42. The zero-order chi connectivity index (χ0) is 15.0. The molecule has 0 atom stereocenters. The van der Waals surface area contributed by atoms with E-state index in [4.69, 9.17) is 10.5 Å². The summed E-state index contributed by atoms with van der Waals surface area (Å²) >= 11 is 1.53. The van der Waals surface area contributed by atoms with E-state index in [0.29, 0.717) is 12.3 Å². The van der Waals surface area contributed by atoms with Crippen molar-refractivity contribution in [3.8, 4) is 11.8 Å². The minimum Gasteiger partial charge on any atom is -0.459 e. The van der Waals surface area contributed by atoms with Crippen molar-refractivity contribution in [2.24, 2.45) is 5.73 Å². The molecule has 3 nitrogen and oxygen atoms in total. The topological polar surface area (TPSA) is 52.3 Å². The van der Waals surface area contributed by atoms with Gasteiger partial charge in [-0.05, 0) is 32.4 Å². The molecule has 4 heteroatoms. The molecule has 0 amide bonds. The summed E-state index contributed by atoms with van der Waals surface area (Å²) < 4.78 is 5.27. The Morgan fingerprint density at radius 3 is 2.70 bits per heavy atom. The molecule has 1 aromatic rings. The highest BCUT2D eigenvalue weighted by atomic mass is 32.2. The molecule has 0 unspecified atom stereocenters. The third kappa shape index (κ3) is 6.65. The first-order valence-corrected chi connectivity index (χ1v) is 7.64. The second-order valence-electron chi connectivity index (χ2n) is 5.24. The summed E-state index contributed by atoms with van der Waals surface area (Å²) in [6, 6.07) is 7.90. The van der Waals surface area contributed by atoms with E-state index in [2.05, 4.69) is 11.8 Å². The van der Waals surface area contributed by atoms with Crippen molar-refractivity contribution in [2.75, 3.05) is 12.3 Å². The Labute approximate surface area is 125 Å². The van der Waals surface area contributed by atoms with Crippen LogP contribution in [-0.4, -0.2) is 23.9 Å². The average molecular weight is 291 g/mol. The van der Waals surface area contributed by atoms with Gasteiger partial charge in [0.1, 0.15) is 5.60 Å². The number of ether oxygens (including phenoxy) is 1. The summed E-state index contributed by atoms with van der Waals surface area (Å²) in [6.07, 6.45) is 0. The molecule has 20 heavy (non-hydrogen) atoms. The van der Waals surface area contributed by atoms with Gasteiger partial charge in [-0.3, -0.25) is 4.79 Å². The van der Waals surface area contributed by atoms with Gasteiger partial charge < -0.3 is 10.5 Å². The lowest BCUT2D eigenvalue weighted by Gasteiger charge is -2.19. The molecule has 0 spiro atoms. The Hall–Kier alpha value is -1.44. The Balaban J connectivity index is 2.52. The molecule has 0 radical (unpaired) electrons. The summed E-state index contributed by atoms with van der Waals surface area (Å²) in [6.45, 7) is 5.95. The van der Waals surface area contributed by atoms with Crippen molar-refractivity contribution in [3.05, 3.63) is 35.4 Å². The van der Waals surface area contributed by atoms with Crippen molar-refractivity contribution in [1.29, 1.82) is 0 Å². The molecule has 0 heterocycles. The number of hydrogen-bond acceptors (Lipinski definition) is 4. The molecule has 108 valence electrons. The number of carbonyl (C=O) groups is 1. The maximum absolute atomic E-state index is 11.6. The second-order valence-corrected chi connectivity index (χ2v) is 6.23. The van der Waals surface area contributed by atoms with Gasteiger partial charge in [0.05, 0.1) is 12.3 Å². The third-order valence-electron chi connectivity index (χ3n) is 2.24. The Bertz CT molecular complexity index is 509. The standard InChI is InChI=1S/C16H21NO2S/c1-16(2,3)19-15(18)12-20-11-14-8-5-4-7-13(14)9-6-10-17/h4-5,7-8H,10-12,17H2,1-3H3. The van der Waals surface area contributed by atoms with Crippen LogP contribution in [0.2, 0.25) is 0 Å². The lowest BCUT2D eigenvalue weighted by molar-refractivity contribution is -0.151. The number of benzene rings is 1. The zero-order valence-corrected chi connectivity index (χ0v) is 13.0. The van der Waals surface area contributed by atoms with Gasteiger partial charge in [0.2, 0.25) is 0 Å². The fourth-order valence-corrected chi connectivity index (χ4v) is 2.33. The van der Waals surface area contributed by atoms with Crippen LogP contribution in [-0.2, 0) is 15.3 Å². The van der Waals surface area contributed by atoms with Gasteiger partial charge in [-0.1, -0.05) is 30.0 Å². The van der Waals surface area contributed by atoms with Crippen molar-refractivity contribution in [3.63, 3.8) is 0 Å². The number of thioether (sulfide) groups is 1. The van der Waals surface area contributed by atoms with Gasteiger partial charge in [0.25, 0.3) is 0 Å². The minimum absolute atomic E-state index is 0.187. The summed E-state index contributed by atoms with van der Waals surface area (Å²) in [4.78, 5) is 11.6. The van der Waals surface area contributed by atoms with Crippen LogP contribution in [0.25, 0.3) is 0 Å². The first-order valence-electron chi connectivity index (χ1n) is 6.49. The second kappa shape index (κ2) is 7.98. The summed E-state index contributed by atoms with van der Waals surface area (Å²) in [5.41, 5.74) is 7.04. The summed E-state index contributed by atoms with van der Waals surface area (Å²) in [7, 11) is 0. The van der Waals surface area contributed by atoms with Crippen LogP contribution in [0.4, 0.5) is 0 Å². The molecule has 0 aliphatic heterocycles. The van der Waals surface area contributed by atoms with Crippen LogP contribution in [0.5, 0.6) is 0 Å². The highest BCUT2D eigenvalue weighted by molar-refractivity contribution is 7.99. The number of hydrogen-bond donors (Lipinski definition) is 1. The molecule has 0 aliphatic carbocycles. The van der Waals surface area contributed by atoms with Crippen LogP contribution in [0.15, 0.2) is 24.3 Å². The Kier molecular flexibility index (Phi) is 6.63. The van der Waals surface area contributed by atoms with Crippen LogP contribution in [0, 0.1) is 11.8 Å². The van der Waals surface area contributed by atoms with Crippen LogP contribution >= 0.6 is 11.8 Å². The van der Waals surface area contributed by atoms with Gasteiger partial charge >= 0.3 is 5.97 Å². The van der Waals surface area contributed by atoms with Gasteiger partial charge in [0, 0.05) is 11.3 Å². The van der Waals surface area contributed by atoms with Crippen molar-refractivity contribution in [2.45, 2.75) is 32.1 Å². The van der Waals surface area contributed by atoms with E-state index in [1.807, 2.05) is 45.0 Å². The van der Waals surface area contributed by atoms with Crippen molar-refractivity contribution < 1.29 is 9.53 Å². The zero-order valence-electron chi connectivity index (χ0n) is 12.2. The summed E-state index contributed by atoms with van der Waals surface area (Å²) in [5, 5.41) is 0. The number of nitrogens with two attached hydrogens (primary N) is 1. The van der Waals surface area contributed by atoms with Gasteiger partial charge in [-0.25, -0.2) is 0 Å². The van der Waals surface area contributed by atoms with E-state index in [-0.39, 0.29) is 5.97 Å². The van der Waals surface area contributed by atoms with Gasteiger partial charge in [-0.2, -0.15) is 0 Å². The molecular formula is C16H21NO2S. The fourth-order valence-electron chi connectivity index (χ4n) is 1.53. The molecule has 0 fully saturated rings. The van der Waals surface area contributed by atoms with Crippen LogP contribution in [0.1, 0.15) is 31.9 Å². The number of rotatable bonds is 4. The maximum Gasteiger partial charge on any atom is 0.316 e. The maximum atomic E-state index is 11.6. The minimum atomic E-state index is -0.428. The molecule has 2 N–H and O–H groups in total. The monoisotopic (exact) mass is 291 g/mol. The smallest absolute Gasteiger partial charge is 0.316 e. The molecule has 1 aromatic carbocycles. The van der Waals surface area contributed by atoms with Gasteiger partial charge in [-0.15, -0.1) is 11.8 Å². The highest BCUT2D eigenvalue weighted by Gasteiger charge is 2.16. The van der Waals surface area contributed by atoms with E-state index in [1.165, 1.54) is 11.8 Å². The quantitative estimate of drug-likeness (QED) is 0.684. The van der Waals surface area contributed by atoms with E-state index < -0.39 is 5.60 Å². The molecule has 0 bridgehead atoms. The van der Waals surface area contributed by atoms with E-state index in [9.17, 15) is 4.79 Å². The van der Waals surface area contributed by atoms with Crippen molar-refractivity contribution >= 4 is 17.7 Å². The van der Waals surface area contributed by atoms with Crippen molar-refractivity contribution in [1.82, 2.24) is 0 Å². The SMILES string of the molecule is CC(C)(C)OC(=O)CSCc1ccccc1C#CCN. The number of carbonyl (C=O) groups excluding carboxylic acids is 1. The van der Waals surface area contributed by atoms with Crippen LogP contribution in [0.3, 0.4) is 0 Å².